The van der Waals surface area contributed by atoms with E-state index in [0.29, 0.717) is 30.4 Å². The average molecular weight is 506 g/mol. The molecule has 8 nitrogen and oxygen atoms in total. The molecule has 1 amide bonds. The Balaban J connectivity index is 1.72. The molecule has 0 unspecified atom stereocenters. The van der Waals surface area contributed by atoms with Gasteiger partial charge in [0.1, 0.15) is 28.0 Å². The number of carboxylic acids is 1. The number of rotatable bonds is 5. The van der Waals surface area contributed by atoms with Gasteiger partial charge in [-0.15, -0.1) is 0 Å². The van der Waals surface area contributed by atoms with Gasteiger partial charge in [0.25, 0.3) is 0 Å². The van der Waals surface area contributed by atoms with E-state index in [1.54, 1.807) is 0 Å². The molecule has 0 spiro atoms. The summed E-state index contributed by atoms with van der Waals surface area (Å²) in [5.74, 6) is -3.66. The summed E-state index contributed by atoms with van der Waals surface area (Å²) in [5, 5.41) is 21.5. The highest BCUT2D eigenvalue weighted by Gasteiger charge is 2.27. The number of sulfone groups is 1. The molecule has 0 aromatic heterocycles. The van der Waals surface area contributed by atoms with Crippen molar-refractivity contribution in [3.63, 3.8) is 0 Å². The lowest BCUT2D eigenvalue weighted by atomic mass is 10.1. The first-order chi connectivity index (χ1) is 16.1. The van der Waals surface area contributed by atoms with Crippen molar-refractivity contribution < 1.29 is 37.3 Å². The zero-order valence-electron chi connectivity index (χ0n) is 17.3. The normalized spacial score (nSPS) is 12.8. The van der Waals surface area contributed by atoms with Crippen LogP contribution in [0.25, 0.3) is 0 Å². The molecule has 0 heterocycles. The van der Waals surface area contributed by atoms with Crippen molar-refractivity contribution in [1.29, 1.82) is 0 Å². The summed E-state index contributed by atoms with van der Waals surface area (Å²) in [7, 11) is -4.18. The molecule has 3 N–H and O–H groups in total. The van der Waals surface area contributed by atoms with Crippen LogP contribution in [0.1, 0.15) is 17.5 Å². The van der Waals surface area contributed by atoms with Gasteiger partial charge in [0, 0.05) is 17.3 Å². The Labute approximate surface area is 198 Å². The zero-order valence-corrected chi connectivity index (χ0v) is 18.9. The van der Waals surface area contributed by atoms with E-state index in [2.05, 4.69) is 5.32 Å². The number of carbonyl (C=O) groups excluding carboxylic acids is 1. The number of carbonyl (C=O) groups is 2. The number of fused-ring (bicyclic) bond motifs is 1. The summed E-state index contributed by atoms with van der Waals surface area (Å²) in [6.45, 7) is 0. The Morgan fingerprint density at radius 1 is 1.03 bits per heavy atom. The van der Waals surface area contributed by atoms with Crippen LogP contribution in [-0.2, 0) is 32.3 Å². The second-order valence-corrected chi connectivity index (χ2v) is 9.82. The number of amides is 1. The minimum atomic E-state index is -4.18. The molecule has 0 bridgehead atoms. The highest BCUT2D eigenvalue weighted by molar-refractivity contribution is 7.91. The monoisotopic (exact) mass is 505 g/mol. The molecule has 176 valence electrons. The first-order valence-corrected chi connectivity index (χ1v) is 11.8. The van der Waals surface area contributed by atoms with Gasteiger partial charge in [-0.3, -0.25) is 4.79 Å². The fourth-order valence-electron chi connectivity index (χ4n) is 3.74. The molecule has 4 rings (SSSR count). The molecule has 11 heteroatoms. The van der Waals surface area contributed by atoms with Crippen LogP contribution in [0.2, 0.25) is 5.02 Å². The molecule has 0 fully saturated rings. The third-order valence-electron chi connectivity index (χ3n) is 5.31. The summed E-state index contributed by atoms with van der Waals surface area (Å²) < 4.78 is 45.1. The summed E-state index contributed by atoms with van der Waals surface area (Å²) in [6.07, 6.45) is 1.81. The molecule has 3 aromatic rings. The Morgan fingerprint density at radius 3 is 2.38 bits per heavy atom. The number of aromatic hydroxyl groups is 1. The zero-order chi connectivity index (χ0) is 24.6. The first-order valence-electron chi connectivity index (χ1n) is 9.98. The number of hydrogen-bond donors (Lipinski definition) is 3. The molecule has 0 radical (unpaired) electrons. The Kier molecular flexibility index (Phi) is 6.20. The maximum atomic E-state index is 13.2. The van der Waals surface area contributed by atoms with E-state index in [0.717, 1.165) is 36.4 Å². The van der Waals surface area contributed by atoms with Gasteiger partial charge in [-0.2, -0.15) is 0 Å². The SMILES string of the molecule is O=C(O)C(=O)Nc1cc(Cl)c(Oc2ccc(O)c(S(=O)(=O)c3ccc(F)cc3)c2)c2c1CCC2. The number of nitrogens with one attached hydrogen (secondary N) is 1. The minimum absolute atomic E-state index is 0.0665. The van der Waals surface area contributed by atoms with Gasteiger partial charge in [0.15, 0.2) is 0 Å². The maximum Gasteiger partial charge on any atom is 0.394 e. The van der Waals surface area contributed by atoms with E-state index in [1.165, 1.54) is 12.1 Å². The summed E-state index contributed by atoms with van der Waals surface area (Å²) in [5.41, 5.74) is 1.60. The third kappa shape index (κ3) is 4.42. The molecule has 0 aliphatic heterocycles. The van der Waals surface area contributed by atoms with E-state index >= 15 is 0 Å². The Bertz CT molecular complexity index is 1420. The van der Waals surface area contributed by atoms with Gasteiger partial charge in [0.05, 0.1) is 9.92 Å². The van der Waals surface area contributed by atoms with Crippen molar-refractivity contribution in [1.82, 2.24) is 0 Å². The molecule has 0 saturated carbocycles. The van der Waals surface area contributed by atoms with Crippen LogP contribution in [0.4, 0.5) is 10.1 Å². The molecular formula is C23H17ClFNO7S. The largest absolute Gasteiger partial charge is 0.507 e. The fourth-order valence-corrected chi connectivity index (χ4v) is 5.37. The van der Waals surface area contributed by atoms with Crippen molar-refractivity contribution in [2.45, 2.75) is 29.1 Å². The van der Waals surface area contributed by atoms with Crippen LogP contribution in [-0.4, -0.2) is 30.5 Å². The lowest BCUT2D eigenvalue weighted by Gasteiger charge is -2.17. The summed E-state index contributed by atoms with van der Waals surface area (Å²) in [4.78, 5) is 21.9. The van der Waals surface area contributed by atoms with E-state index in [1.807, 2.05) is 0 Å². The summed E-state index contributed by atoms with van der Waals surface area (Å²) in [6, 6.07) is 9.19. The van der Waals surface area contributed by atoms with Gasteiger partial charge in [-0.05, 0) is 67.3 Å². The predicted molar refractivity (Wildman–Crippen MR) is 120 cm³/mol. The van der Waals surface area contributed by atoms with Crippen LogP contribution < -0.4 is 10.1 Å². The lowest BCUT2D eigenvalue weighted by molar-refractivity contribution is -0.147. The quantitative estimate of drug-likeness (QED) is 0.347. The number of phenols is 1. The second kappa shape index (κ2) is 8.96. The molecule has 0 saturated heterocycles. The molecule has 0 atom stereocenters. The van der Waals surface area contributed by atoms with Gasteiger partial charge < -0.3 is 20.3 Å². The van der Waals surface area contributed by atoms with Crippen molar-refractivity contribution in [3.8, 4) is 17.2 Å². The van der Waals surface area contributed by atoms with Gasteiger partial charge in [-0.25, -0.2) is 17.6 Å². The van der Waals surface area contributed by atoms with Crippen LogP contribution in [0, 0.1) is 5.82 Å². The minimum Gasteiger partial charge on any atom is -0.507 e. The highest BCUT2D eigenvalue weighted by Crippen LogP contribution is 2.44. The van der Waals surface area contributed by atoms with Crippen molar-refractivity contribution in [2.24, 2.45) is 0 Å². The number of carboxylic acid groups (broad SMARTS) is 1. The fraction of sp³-hybridized carbons (Fsp3) is 0.130. The molecule has 3 aromatic carbocycles. The number of anilines is 1. The Morgan fingerprint density at radius 2 is 1.71 bits per heavy atom. The van der Waals surface area contributed by atoms with E-state index in [9.17, 15) is 27.5 Å². The molecule has 34 heavy (non-hydrogen) atoms. The smallest absolute Gasteiger partial charge is 0.394 e. The number of aliphatic carboxylic acids is 1. The van der Waals surface area contributed by atoms with Gasteiger partial charge in [0.2, 0.25) is 9.84 Å². The van der Waals surface area contributed by atoms with Crippen molar-refractivity contribution in [3.05, 3.63) is 70.5 Å². The maximum absolute atomic E-state index is 13.2. The summed E-state index contributed by atoms with van der Waals surface area (Å²) >= 11 is 6.37. The highest BCUT2D eigenvalue weighted by atomic mass is 35.5. The van der Waals surface area contributed by atoms with Crippen molar-refractivity contribution >= 4 is 39.0 Å². The lowest BCUT2D eigenvalue weighted by Crippen LogP contribution is -2.22. The van der Waals surface area contributed by atoms with E-state index in [4.69, 9.17) is 21.4 Å². The average Bonchev–Trinajstić information content (AvgIpc) is 3.27. The third-order valence-corrected chi connectivity index (χ3v) is 7.39. The van der Waals surface area contributed by atoms with Gasteiger partial charge in [-0.1, -0.05) is 11.6 Å². The number of phenolic OH excluding ortho intramolecular Hbond substituents is 1. The van der Waals surface area contributed by atoms with Crippen LogP contribution >= 0.6 is 11.6 Å². The van der Waals surface area contributed by atoms with Gasteiger partial charge >= 0.3 is 11.9 Å². The number of hydrogen-bond acceptors (Lipinski definition) is 6. The first kappa shape index (κ1) is 23.5. The predicted octanol–water partition coefficient (Wildman–Crippen LogP) is 4.32. The topological polar surface area (TPSA) is 130 Å². The number of ether oxygens (including phenoxy) is 1. The van der Waals surface area contributed by atoms with Crippen LogP contribution in [0.15, 0.2) is 58.3 Å². The molecular weight excluding hydrogens is 489 g/mol. The van der Waals surface area contributed by atoms with Crippen LogP contribution in [0.3, 0.4) is 0 Å². The standard InChI is InChI=1S/C23H17ClFNO7S/c24-17-11-18(26-22(28)23(29)30)15-2-1-3-16(15)21(17)33-13-6-9-19(27)20(10-13)34(31,32)14-7-4-12(25)5-8-14/h4-11,27H,1-3H2,(H,26,28)(H,29,30). The van der Waals surface area contributed by atoms with E-state index in [-0.39, 0.29) is 27.1 Å². The number of halogens is 2. The second-order valence-electron chi connectivity index (χ2n) is 7.49. The molecule has 1 aliphatic carbocycles. The Hall–Kier alpha value is -3.63. The van der Waals surface area contributed by atoms with Crippen molar-refractivity contribution in [2.75, 3.05) is 5.32 Å². The number of benzene rings is 3. The van der Waals surface area contributed by atoms with E-state index < -0.39 is 38.2 Å². The van der Waals surface area contributed by atoms with Crippen LogP contribution in [0.5, 0.6) is 17.2 Å². The molecule has 1 aliphatic rings.